The smallest absolute Gasteiger partial charge is 0.239 e. The molecule has 1 fully saturated rings. The average Bonchev–Trinajstić information content (AvgIpc) is 3.18. The van der Waals surface area contributed by atoms with Gasteiger partial charge in [0.1, 0.15) is 5.54 Å². The summed E-state index contributed by atoms with van der Waals surface area (Å²) in [4.78, 5) is 14.4. The second-order valence-corrected chi connectivity index (χ2v) is 6.56. The zero-order valence-corrected chi connectivity index (χ0v) is 13.3. The van der Waals surface area contributed by atoms with Crippen LogP contribution in [-0.2, 0) is 4.79 Å². The molecule has 0 aromatic carbocycles. The molecular weight excluding hydrogens is 238 g/mol. The highest BCUT2D eigenvalue weighted by Crippen LogP contribution is 2.41. The number of nitrogens with zero attached hydrogens (tertiary/aromatic N) is 1. The van der Waals surface area contributed by atoms with Crippen molar-refractivity contribution in [2.24, 2.45) is 11.7 Å². The molecule has 1 saturated carbocycles. The molecule has 0 heterocycles. The molecule has 19 heavy (non-hydrogen) atoms. The van der Waals surface area contributed by atoms with Crippen LogP contribution in [0.4, 0.5) is 0 Å². The highest BCUT2D eigenvalue weighted by molar-refractivity contribution is 5.86. The molecule has 1 aliphatic carbocycles. The van der Waals surface area contributed by atoms with E-state index in [0.717, 1.165) is 32.2 Å². The van der Waals surface area contributed by atoms with Crippen LogP contribution in [0.2, 0.25) is 0 Å². The SMILES string of the molecule is CCCNC(CN(C)C(C)(C)CC)(C(N)=O)C1CC1. The van der Waals surface area contributed by atoms with Gasteiger partial charge >= 0.3 is 0 Å². The normalized spacial score (nSPS) is 19.5. The van der Waals surface area contributed by atoms with E-state index in [-0.39, 0.29) is 11.4 Å². The largest absolute Gasteiger partial charge is 0.368 e. The molecule has 0 aliphatic heterocycles. The molecule has 1 aliphatic rings. The Labute approximate surface area is 118 Å². The van der Waals surface area contributed by atoms with E-state index < -0.39 is 5.54 Å². The number of hydrogen-bond donors (Lipinski definition) is 2. The summed E-state index contributed by atoms with van der Waals surface area (Å²) in [6, 6.07) is 0. The Morgan fingerprint density at radius 2 is 1.95 bits per heavy atom. The van der Waals surface area contributed by atoms with Crippen LogP contribution in [0.5, 0.6) is 0 Å². The molecule has 0 aromatic rings. The lowest BCUT2D eigenvalue weighted by Crippen LogP contribution is -2.65. The van der Waals surface area contributed by atoms with Crippen molar-refractivity contribution in [2.75, 3.05) is 20.1 Å². The first-order chi connectivity index (χ1) is 8.80. The number of likely N-dealkylation sites (N-methyl/N-ethyl adjacent to an activating group) is 1. The minimum Gasteiger partial charge on any atom is -0.368 e. The fraction of sp³-hybridized carbons (Fsp3) is 0.933. The quantitative estimate of drug-likeness (QED) is 0.670. The summed E-state index contributed by atoms with van der Waals surface area (Å²) in [7, 11) is 2.09. The molecule has 0 saturated heterocycles. The minimum atomic E-state index is -0.544. The third kappa shape index (κ3) is 3.69. The predicted molar refractivity (Wildman–Crippen MR) is 79.9 cm³/mol. The van der Waals surface area contributed by atoms with Crippen molar-refractivity contribution in [1.29, 1.82) is 0 Å². The maximum atomic E-state index is 12.1. The lowest BCUT2D eigenvalue weighted by atomic mass is 9.88. The van der Waals surface area contributed by atoms with Gasteiger partial charge in [-0.05, 0) is 59.0 Å². The molecule has 0 bridgehead atoms. The first kappa shape index (κ1) is 16.4. The van der Waals surface area contributed by atoms with Crippen molar-refractivity contribution >= 4 is 5.91 Å². The van der Waals surface area contributed by atoms with E-state index in [9.17, 15) is 4.79 Å². The minimum absolute atomic E-state index is 0.0868. The van der Waals surface area contributed by atoms with Gasteiger partial charge < -0.3 is 11.1 Å². The van der Waals surface area contributed by atoms with E-state index in [4.69, 9.17) is 5.73 Å². The van der Waals surface area contributed by atoms with Crippen molar-refractivity contribution in [1.82, 2.24) is 10.2 Å². The van der Waals surface area contributed by atoms with Gasteiger partial charge in [0, 0.05) is 12.1 Å². The first-order valence-corrected chi connectivity index (χ1v) is 7.56. The van der Waals surface area contributed by atoms with Crippen LogP contribution < -0.4 is 11.1 Å². The van der Waals surface area contributed by atoms with E-state index in [2.05, 4.69) is 45.0 Å². The lowest BCUT2D eigenvalue weighted by molar-refractivity contribution is -0.126. The number of rotatable bonds is 9. The number of hydrogen-bond acceptors (Lipinski definition) is 3. The third-order valence-electron chi connectivity index (χ3n) is 4.79. The van der Waals surface area contributed by atoms with E-state index in [1.54, 1.807) is 0 Å². The van der Waals surface area contributed by atoms with Crippen LogP contribution in [0, 0.1) is 5.92 Å². The maximum absolute atomic E-state index is 12.1. The highest BCUT2D eigenvalue weighted by atomic mass is 16.1. The molecule has 4 nitrogen and oxygen atoms in total. The Kier molecular flexibility index (Phi) is 5.39. The standard InChI is InChI=1S/C15H31N3O/c1-6-10-17-15(13(16)19,12-8-9-12)11-18(5)14(3,4)7-2/h12,17H,6-11H2,1-5H3,(H2,16,19). The summed E-state index contributed by atoms with van der Waals surface area (Å²) in [5, 5.41) is 3.46. The van der Waals surface area contributed by atoms with Gasteiger partial charge in [-0.15, -0.1) is 0 Å². The van der Waals surface area contributed by atoms with Gasteiger partial charge in [0.15, 0.2) is 0 Å². The van der Waals surface area contributed by atoms with E-state index in [0.29, 0.717) is 12.5 Å². The highest BCUT2D eigenvalue weighted by Gasteiger charge is 2.50. The summed E-state index contributed by atoms with van der Waals surface area (Å²) < 4.78 is 0. The van der Waals surface area contributed by atoms with Gasteiger partial charge in [-0.1, -0.05) is 13.8 Å². The number of amides is 1. The van der Waals surface area contributed by atoms with Crippen molar-refractivity contribution in [3.8, 4) is 0 Å². The van der Waals surface area contributed by atoms with Gasteiger partial charge in [-0.3, -0.25) is 9.69 Å². The van der Waals surface area contributed by atoms with E-state index >= 15 is 0 Å². The number of primary amides is 1. The molecule has 1 rings (SSSR count). The maximum Gasteiger partial charge on any atom is 0.239 e. The van der Waals surface area contributed by atoms with Crippen molar-refractivity contribution < 1.29 is 4.79 Å². The van der Waals surface area contributed by atoms with Crippen LogP contribution in [0.25, 0.3) is 0 Å². The summed E-state index contributed by atoms with van der Waals surface area (Å²) in [5.74, 6) is 0.217. The zero-order chi connectivity index (χ0) is 14.7. The Morgan fingerprint density at radius 1 is 1.37 bits per heavy atom. The molecule has 1 amide bonds. The Bertz CT molecular complexity index is 313. The van der Waals surface area contributed by atoms with Gasteiger partial charge in [-0.25, -0.2) is 0 Å². The van der Waals surface area contributed by atoms with Gasteiger partial charge in [0.05, 0.1) is 0 Å². The molecule has 0 aromatic heterocycles. The van der Waals surface area contributed by atoms with E-state index in [1.165, 1.54) is 0 Å². The molecule has 112 valence electrons. The molecule has 1 unspecified atom stereocenters. The zero-order valence-electron chi connectivity index (χ0n) is 13.3. The lowest BCUT2D eigenvalue weighted by Gasteiger charge is -2.42. The van der Waals surface area contributed by atoms with Crippen LogP contribution in [0.3, 0.4) is 0 Å². The first-order valence-electron chi connectivity index (χ1n) is 7.56. The summed E-state index contributed by atoms with van der Waals surface area (Å²) in [5.41, 5.74) is 5.30. The van der Waals surface area contributed by atoms with E-state index in [1.807, 2.05) is 0 Å². The monoisotopic (exact) mass is 269 g/mol. The van der Waals surface area contributed by atoms with Crippen molar-refractivity contribution in [3.63, 3.8) is 0 Å². The topological polar surface area (TPSA) is 58.4 Å². The van der Waals surface area contributed by atoms with Crippen molar-refractivity contribution in [3.05, 3.63) is 0 Å². The molecule has 1 atom stereocenters. The average molecular weight is 269 g/mol. The fourth-order valence-electron chi connectivity index (χ4n) is 2.48. The Hall–Kier alpha value is -0.610. The number of carbonyl (C=O) groups is 1. The molecule has 3 N–H and O–H groups in total. The molecular formula is C15H31N3O. The predicted octanol–water partition coefficient (Wildman–Crippen LogP) is 1.74. The van der Waals surface area contributed by atoms with Gasteiger partial charge in [0.2, 0.25) is 5.91 Å². The van der Waals surface area contributed by atoms with Crippen molar-refractivity contribution in [2.45, 2.75) is 64.5 Å². The Balaban J connectivity index is 2.87. The van der Waals surface area contributed by atoms with Crippen LogP contribution in [-0.4, -0.2) is 42.0 Å². The summed E-state index contributed by atoms with van der Waals surface area (Å²) in [6.07, 6.45) is 4.29. The molecule has 0 radical (unpaired) electrons. The number of carbonyl (C=O) groups excluding carboxylic acids is 1. The van der Waals surface area contributed by atoms with Crippen LogP contribution in [0.1, 0.15) is 53.4 Å². The summed E-state index contributed by atoms with van der Waals surface area (Å²) in [6.45, 7) is 10.3. The fourth-order valence-corrected chi connectivity index (χ4v) is 2.48. The second kappa shape index (κ2) is 6.23. The van der Waals surface area contributed by atoms with Crippen LogP contribution in [0.15, 0.2) is 0 Å². The molecule has 0 spiro atoms. The van der Waals surface area contributed by atoms with Gasteiger partial charge in [0.25, 0.3) is 0 Å². The summed E-state index contributed by atoms with van der Waals surface area (Å²) >= 11 is 0. The van der Waals surface area contributed by atoms with Crippen LogP contribution >= 0.6 is 0 Å². The third-order valence-corrected chi connectivity index (χ3v) is 4.79. The molecule has 4 heteroatoms. The number of nitrogens with two attached hydrogens (primary N) is 1. The Morgan fingerprint density at radius 3 is 2.32 bits per heavy atom. The number of nitrogens with one attached hydrogen (secondary N) is 1. The second-order valence-electron chi connectivity index (χ2n) is 6.56. The van der Waals surface area contributed by atoms with Gasteiger partial charge in [-0.2, -0.15) is 0 Å².